The zero-order valence-electron chi connectivity index (χ0n) is 19.0. The fourth-order valence-electron chi connectivity index (χ4n) is 6.52. The summed E-state index contributed by atoms with van der Waals surface area (Å²) in [6.07, 6.45) is 1.56. The van der Waals surface area contributed by atoms with Gasteiger partial charge in [0.25, 0.3) is 5.69 Å². The monoisotopic (exact) mass is 505 g/mol. The summed E-state index contributed by atoms with van der Waals surface area (Å²) in [4.78, 5) is 41.0. The maximum Gasteiger partial charge on any atom is 0.269 e. The topological polar surface area (TPSA) is 92.5 Å². The third-order valence-corrected chi connectivity index (χ3v) is 8.11. The van der Waals surface area contributed by atoms with Gasteiger partial charge in [-0.1, -0.05) is 23.7 Å². The first kappa shape index (κ1) is 22.8. The molecule has 0 radical (unpaired) electrons. The van der Waals surface area contributed by atoms with Crippen molar-refractivity contribution in [3.05, 3.63) is 104 Å². The van der Waals surface area contributed by atoms with Crippen molar-refractivity contribution < 1.29 is 18.9 Å². The Hall–Kier alpha value is -3.62. The van der Waals surface area contributed by atoms with Crippen molar-refractivity contribution in [1.29, 1.82) is 0 Å². The fraction of sp³-hybridized carbons (Fsp3) is 0.259. The van der Waals surface area contributed by atoms with Crippen LogP contribution in [-0.4, -0.2) is 34.1 Å². The number of hydrogen-bond acceptors (Lipinski definition) is 5. The van der Waals surface area contributed by atoms with E-state index in [4.69, 9.17) is 11.6 Å². The van der Waals surface area contributed by atoms with E-state index in [1.807, 2.05) is 0 Å². The number of Topliss-reactive ketones (excluding diaryl/α,β-unsaturated/α-hetero) is 1. The van der Waals surface area contributed by atoms with E-state index in [2.05, 4.69) is 10.2 Å². The molecule has 3 aromatic carbocycles. The lowest BCUT2D eigenvalue weighted by atomic mass is 9.68. The lowest BCUT2D eigenvalue weighted by molar-refractivity contribution is -0.384. The summed E-state index contributed by atoms with van der Waals surface area (Å²) < 4.78 is 14.6. The molecule has 0 bridgehead atoms. The molecule has 1 spiro atoms. The molecule has 3 unspecified atom stereocenters. The summed E-state index contributed by atoms with van der Waals surface area (Å²) in [5.74, 6) is -2.41. The Morgan fingerprint density at radius 1 is 1.11 bits per heavy atom. The Bertz CT molecular complexity index is 1410. The van der Waals surface area contributed by atoms with Crippen LogP contribution >= 0.6 is 11.6 Å². The van der Waals surface area contributed by atoms with Crippen LogP contribution in [-0.2, 0) is 10.3 Å². The van der Waals surface area contributed by atoms with Gasteiger partial charge in [-0.2, -0.15) is 0 Å². The van der Waals surface area contributed by atoms with E-state index in [0.29, 0.717) is 28.4 Å². The zero-order valence-corrected chi connectivity index (χ0v) is 19.7. The number of nitro benzene ring substituents is 1. The molecule has 9 heteroatoms. The highest BCUT2D eigenvalue weighted by Gasteiger charge is 2.69. The Balaban J connectivity index is 1.59. The van der Waals surface area contributed by atoms with Crippen LogP contribution < -0.4 is 5.32 Å². The SMILES string of the molecule is O=C(c1ccc(Cl)cc1)C1C(c2ccc([N+](=O)[O-])cc2)C2CCCN2[C@@]12C(=O)Nc1ccc(F)cc12. The Labute approximate surface area is 211 Å². The molecule has 4 atom stereocenters. The average molecular weight is 506 g/mol. The molecule has 1 N–H and O–H groups in total. The Morgan fingerprint density at radius 3 is 2.53 bits per heavy atom. The van der Waals surface area contributed by atoms with Crippen molar-refractivity contribution >= 4 is 34.7 Å². The lowest BCUT2D eigenvalue weighted by Gasteiger charge is -2.36. The number of carbonyl (C=O) groups is 2. The Morgan fingerprint density at radius 2 is 1.83 bits per heavy atom. The van der Waals surface area contributed by atoms with Crippen LogP contribution in [0.25, 0.3) is 0 Å². The minimum absolute atomic E-state index is 0.0543. The number of halogens is 2. The van der Waals surface area contributed by atoms with Crippen molar-refractivity contribution in [2.45, 2.75) is 30.3 Å². The number of nitro groups is 1. The molecule has 36 heavy (non-hydrogen) atoms. The fourth-order valence-corrected chi connectivity index (χ4v) is 6.64. The molecule has 3 heterocycles. The highest BCUT2D eigenvalue weighted by molar-refractivity contribution is 6.30. The number of anilines is 1. The molecule has 3 aliphatic rings. The van der Waals surface area contributed by atoms with E-state index in [1.54, 1.807) is 36.4 Å². The second-order valence-corrected chi connectivity index (χ2v) is 9.97. The van der Waals surface area contributed by atoms with Crippen LogP contribution in [0.2, 0.25) is 5.02 Å². The number of benzene rings is 3. The molecule has 3 aromatic rings. The molecule has 6 rings (SSSR count). The van der Waals surface area contributed by atoms with E-state index in [1.165, 1.54) is 30.3 Å². The maximum absolute atomic E-state index is 14.6. The van der Waals surface area contributed by atoms with Gasteiger partial charge < -0.3 is 5.32 Å². The minimum Gasteiger partial charge on any atom is -0.324 e. The van der Waals surface area contributed by atoms with Crippen molar-refractivity contribution in [1.82, 2.24) is 4.90 Å². The number of ketones is 1. The molecule has 0 aliphatic carbocycles. The quantitative estimate of drug-likeness (QED) is 0.295. The zero-order chi connectivity index (χ0) is 25.2. The number of fused-ring (bicyclic) bond motifs is 4. The predicted molar refractivity (Wildman–Crippen MR) is 132 cm³/mol. The van der Waals surface area contributed by atoms with Gasteiger partial charge in [0.05, 0.1) is 10.8 Å². The Kier molecular flexibility index (Phi) is 5.21. The summed E-state index contributed by atoms with van der Waals surface area (Å²) in [7, 11) is 0. The number of rotatable bonds is 4. The number of non-ortho nitro benzene ring substituents is 1. The van der Waals surface area contributed by atoms with Crippen LogP contribution in [0.15, 0.2) is 66.7 Å². The van der Waals surface area contributed by atoms with E-state index in [0.717, 1.165) is 18.4 Å². The van der Waals surface area contributed by atoms with Crippen molar-refractivity contribution in [3.8, 4) is 0 Å². The van der Waals surface area contributed by atoms with E-state index >= 15 is 0 Å². The maximum atomic E-state index is 14.6. The number of nitrogens with one attached hydrogen (secondary N) is 1. The summed E-state index contributed by atoms with van der Waals surface area (Å²) in [5, 5.41) is 14.6. The van der Waals surface area contributed by atoms with Crippen LogP contribution in [0.3, 0.4) is 0 Å². The molecule has 7 nitrogen and oxygen atoms in total. The molecular formula is C27H21ClFN3O4. The number of nitrogens with zero attached hydrogens (tertiary/aromatic N) is 2. The summed E-state index contributed by atoms with van der Waals surface area (Å²) in [6, 6.07) is 16.7. The summed E-state index contributed by atoms with van der Waals surface area (Å²) in [6.45, 7) is 0.571. The van der Waals surface area contributed by atoms with Gasteiger partial charge in [0.15, 0.2) is 5.78 Å². The van der Waals surface area contributed by atoms with E-state index < -0.39 is 28.1 Å². The van der Waals surface area contributed by atoms with Crippen LogP contribution in [0.5, 0.6) is 0 Å². The second kappa shape index (κ2) is 8.21. The number of hydrogen-bond donors (Lipinski definition) is 1. The summed E-state index contributed by atoms with van der Waals surface area (Å²) >= 11 is 6.07. The molecule has 3 aliphatic heterocycles. The number of amides is 1. The molecule has 1 amide bonds. The first-order chi connectivity index (χ1) is 17.3. The average Bonchev–Trinajstić information content (AvgIpc) is 3.52. The largest absolute Gasteiger partial charge is 0.324 e. The second-order valence-electron chi connectivity index (χ2n) is 9.54. The van der Waals surface area contributed by atoms with Crippen molar-refractivity contribution in [2.75, 3.05) is 11.9 Å². The van der Waals surface area contributed by atoms with Gasteiger partial charge >= 0.3 is 0 Å². The predicted octanol–water partition coefficient (Wildman–Crippen LogP) is 5.30. The molecule has 0 aromatic heterocycles. The van der Waals surface area contributed by atoms with Crippen LogP contribution in [0.4, 0.5) is 15.8 Å². The lowest BCUT2D eigenvalue weighted by Crippen LogP contribution is -2.52. The first-order valence-electron chi connectivity index (χ1n) is 11.7. The first-order valence-corrected chi connectivity index (χ1v) is 12.1. The molecule has 2 saturated heterocycles. The van der Waals surface area contributed by atoms with Gasteiger partial charge in [-0.25, -0.2) is 4.39 Å². The van der Waals surface area contributed by atoms with Crippen molar-refractivity contribution in [3.63, 3.8) is 0 Å². The summed E-state index contributed by atoms with van der Waals surface area (Å²) in [5.41, 5.74) is 0.624. The number of carbonyl (C=O) groups excluding carboxylic acids is 2. The van der Waals surface area contributed by atoms with Crippen LogP contribution in [0.1, 0.15) is 40.2 Å². The normalized spacial score (nSPS) is 26.6. The minimum atomic E-state index is -1.40. The van der Waals surface area contributed by atoms with Gasteiger partial charge in [0.2, 0.25) is 5.91 Å². The van der Waals surface area contributed by atoms with E-state index in [-0.39, 0.29) is 23.4 Å². The molecule has 0 saturated carbocycles. The highest BCUT2D eigenvalue weighted by atomic mass is 35.5. The van der Waals surface area contributed by atoms with Crippen LogP contribution in [0, 0.1) is 21.8 Å². The standard InChI is InChI=1S/C27H21ClFN3O4/c28-17-7-3-16(4-8-17)25(33)24-23(15-5-10-19(11-6-15)32(35)36)22-2-1-13-31(22)27(24)20-14-18(29)9-12-21(20)30-26(27)34/h3-12,14,22-24H,1-2,13H2,(H,30,34)/t22?,23?,24?,27-/m1/s1. The van der Waals surface area contributed by atoms with Gasteiger partial charge in [0, 0.05) is 45.9 Å². The third kappa shape index (κ3) is 3.14. The van der Waals surface area contributed by atoms with Gasteiger partial charge in [0.1, 0.15) is 11.4 Å². The molecular weight excluding hydrogens is 485 g/mol. The smallest absolute Gasteiger partial charge is 0.269 e. The molecule has 182 valence electrons. The highest BCUT2D eigenvalue weighted by Crippen LogP contribution is 2.61. The van der Waals surface area contributed by atoms with Gasteiger partial charge in [-0.05, 0) is 67.4 Å². The van der Waals surface area contributed by atoms with Crippen molar-refractivity contribution in [2.24, 2.45) is 5.92 Å². The molecule has 2 fully saturated rings. The van der Waals surface area contributed by atoms with Gasteiger partial charge in [-0.15, -0.1) is 0 Å². The van der Waals surface area contributed by atoms with Gasteiger partial charge in [-0.3, -0.25) is 24.6 Å². The van der Waals surface area contributed by atoms with E-state index in [9.17, 15) is 24.1 Å². The third-order valence-electron chi connectivity index (χ3n) is 7.86.